The van der Waals surface area contributed by atoms with Crippen LogP contribution < -0.4 is 0 Å². The first-order valence-electron chi connectivity index (χ1n) is 7.06. The van der Waals surface area contributed by atoms with Crippen molar-refractivity contribution < 1.29 is 4.74 Å². The standard InChI is InChI=1S/C14H18ClIN2O/c15-13-11(16)12(9-4-1-2-5-9)17-14(18-13)10-6-3-7-19-8-10/h9-10H,1-8H2. The van der Waals surface area contributed by atoms with Gasteiger partial charge in [0, 0.05) is 18.4 Å². The number of ether oxygens (including phenoxy) is 1. The van der Waals surface area contributed by atoms with Gasteiger partial charge in [0.15, 0.2) is 0 Å². The zero-order valence-electron chi connectivity index (χ0n) is 10.9. The lowest BCUT2D eigenvalue weighted by molar-refractivity contribution is 0.0779. The smallest absolute Gasteiger partial charge is 0.146 e. The summed E-state index contributed by atoms with van der Waals surface area (Å²) in [4.78, 5) is 9.35. The molecular weight excluding hydrogens is 375 g/mol. The maximum Gasteiger partial charge on any atom is 0.146 e. The molecular formula is C14H18ClIN2O. The zero-order chi connectivity index (χ0) is 13.2. The molecule has 2 fully saturated rings. The monoisotopic (exact) mass is 392 g/mol. The average molecular weight is 393 g/mol. The molecule has 1 aliphatic heterocycles. The predicted molar refractivity (Wildman–Crippen MR) is 83.8 cm³/mol. The summed E-state index contributed by atoms with van der Waals surface area (Å²) in [7, 11) is 0. The Morgan fingerprint density at radius 2 is 1.79 bits per heavy atom. The summed E-state index contributed by atoms with van der Waals surface area (Å²) in [5.41, 5.74) is 1.18. The van der Waals surface area contributed by atoms with Gasteiger partial charge in [0.05, 0.1) is 15.9 Å². The van der Waals surface area contributed by atoms with E-state index in [0.717, 1.165) is 35.4 Å². The summed E-state index contributed by atoms with van der Waals surface area (Å²) >= 11 is 8.61. The van der Waals surface area contributed by atoms with Crippen LogP contribution in [0.25, 0.3) is 0 Å². The third kappa shape index (κ3) is 3.05. The molecule has 3 rings (SSSR count). The summed E-state index contributed by atoms with van der Waals surface area (Å²) in [5, 5.41) is 0.623. The molecule has 1 saturated carbocycles. The first-order chi connectivity index (χ1) is 9.25. The fraction of sp³-hybridized carbons (Fsp3) is 0.714. The Kier molecular flexibility index (Phi) is 4.59. The lowest BCUT2D eigenvalue weighted by atomic mass is 10.00. The van der Waals surface area contributed by atoms with E-state index in [9.17, 15) is 0 Å². The summed E-state index contributed by atoms with van der Waals surface area (Å²) in [6.45, 7) is 1.60. The van der Waals surface area contributed by atoms with E-state index >= 15 is 0 Å². The number of aromatic nitrogens is 2. The van der Waals surface area contributed by atoms with Crippen LogP contribution in [0.3, 0.4) is 0 Å². The molecule has 0 amide bonds. The highest BCUT2D eigenvalue weighted by Gasteiger charge is 2.26. The zero-order valence-corrected chi connectivity index (χ0v) is 13.8. The molecule has 3 nitrogen and oxygen atoms in total. The van der Waals surface area contributed by atoms with Crippen LogP contribution >= 0.6 is 34.2 Å². The Morgan fingerprint density at radius 3 is 2.47 bits per heavy atom. The normalized spacial score (nSPS) is 24.8. The van der Waals surface area contributed by atoms with Gasteiger partial charge in [-0.1, -0.05) is 24.4 Å². The van der Waals surface area contributed by atoms with E-state index in [1.807, 2.05) is 0 Å². The molecule has 0 bridgehead atoms. The molecule has 1 aromatic heterocycles. The van der Waals surface area contributed by atoms with Crippen LogP contribution in [0.2, 0.25) is 5.15 Å². The maximum absolute atomic E-state index is 6.32. The van der Waals surface area contributed by atoms with Crippen molar-refractivity contribution in [2.24, 2.45) is 0 Å². The van der Waals surface area contributed by atoms with Crippen molar-refractivity contribution in [2.75, 3.05) is 13.2 Å². The van der Waals surface area contributed by atoms with Crippen LogP contribution in [0.4, 0.5) is 0 Å². The van der Waals surface area contributed by atoms with Crippen molar-refractivity contribution in [3.63, 3.8) is 0 Å². The third-order valence-corrected chi connectivity index (χ3v) is 5.78. The Hall–Kier alpha value is 0.0600. The predicted octanol–water partition coefficient (Wildman–Crippen LogP) is 4.29. The first kappa shape index (κ1) is 14.0. The molecule has 1 unspecified atom stereocenters. The molecule has 1 aromatic rings. The van der Waals surface area contributed by atoms with Crippen molar-refractivity contribution in [3.8, 4) is 0 Å². The largest absolute Gasteiger partial charge is 0.381 e. The topological polar surface area (TPSA) is 35.0 Å². The van der Waals surface area contributed by atoms with Gasteiger partial charge in [-0.2, -0.15) is 0 Å². The lowest BCUT2D eigenvalue weighted by Crippen LogP contribution is -2.19. The van der Waals surface area contributed by atoms with E-state index in [1.165, 1.54) is 31.4 Å². The number of hydrogen-bond donors (Lipinski definition) is 0. The first-order valence-corrected chi connectivity index (χ1v) is 8.52. The van der Waals surface area contributed by atoms with Crippen LogP contribution in [-0.2, 0) is 4.74 Å². The Morgan fingerprint density at radius 1 is 1.05 bits per heavy atom. The van der Waals surface area contributed by atoms with Gasteiger partial charge in [-0.15, -0.1) is 0 Å². The summed E-state index contributed by atoms with van der Waals surface area (Å²) < 4.78 is 6.59. The van der Waals surface area contributed by atoms with E-state index in [0.29, 0.717) is 17.0 Å². The van der Waals surface area contributed by atoms with Gasteiger partial charge in [0.1, 0.15) is 11.0 Å². The number of nitrogens with zero attached hydrogens (tertiary/aromatic N) is 2. The molecule has 19 heavy (non-hydrogen) atoms. The highest BCUT2D eigenvalue weighted by atomic mass is 127. The molecule has 0 N–H and O–H groups in total. The average Bonchev–Trinajstić information content (AvgIpc) is 2.96. The molecule has 2 aliphatic rings. The quantitative estimate of drug-likeness (QED) is 0.556. The fourth-order valence-corrected chi connectivity index (χ4v) is 3.91. The van der Waals surface area contributed by atoms with Gasteiger partial charge < -0.3 is 4.74 Å². The van der Waals surface area contributed by atoms with Crippen molar-refractivity contribution >= 4 is 34.2 Å². The SMILES string of the molecule is Clc1nc(C2CCCOC2)nc(C2CCCC2)c1I. The summed E-state index contributed by atoms with van der Waals surface area (Å²) in [6.07, 6.45) is 7.31. The molecule has 2 heterocycles. The molecule has 0 aromatic carbocycles. The molecule has 1 saturated heterocycles. The van der Waals surface area contributed by atoms with E-state index in [2.05, 4.69) is 27.6 Å². The highest BCUT2D eigenvalue weighted by Crippen LogP contribution is 2.37. The number of halogens is 2. The minimum Gasteiger partial charge on any atom is -0.381 e. The van der Waals surface area contributed by atoms with Crippen LogP contribution in [0.1, 0.15) is 61.9 Å². The van der Waals surface area contributed by atoms with Crippen LogP contribution in [0.15, 0.2) is 0 Å². The molecule has 0 radical (unpaired) electrons. The van der Waals surface area contributed by atoms with Gasteiger partial charge in [-0.25, -0.2) is 9.97 Å². The summed E-state index contributed by atoms with van der Waals surface area (Å²) in [5.74, 6) is 1.80. The lowest BCUT2D eigenvalue weighted by Gasteiger charge is -2.22. The van der Waals surface area contributed by atoms with Gasteiger partial charge >= 0.3 is 0 Å². The molecule has 1 aliphatic carbocycles. The second-order valence-electron chi connectivity index (χ2n) is 5.47. The fourth-order valence-electron chi connectivity index (χ4n) is 3.05. The number of hydrogen-bond acceptors (Lipinski definition) is 3. The van der Waals surface area contributed by atoms with Crippen LogP contribution in [0, 0.1) is 3.57 Å². The van der Waals surface area contributed by atoms with Gasteiger partial charge in [0.25, 0.3) is 0 Å². The van der Waals surface area contributed by atoms with Crippen molar-refractivity contribution in [3.05, 3.63) is 20.2 Å². The van der Waals surface area contributed by atoms with Gasteiger partial charge in [0.2, 0.25) is 0 Å². The minimum absolute atomic E-state index is 0.323. The molecule has 1 atom stereocenters. The van der Waals surface area contributed by atoms with Gasteiger partial charge in [-0.3, -0.25) is 0 Å². The van der Waals surface area contributed by atoms with Crippen molar-refractivity contribution in [1.82, 2.24) is 9.97 Å². The Balaban J connectivity index is 1.92. The third-order valence-electron chi connectivity index (χ3n) is 4.12. The highest BCUT2D eigenvalue weighted by molar-refractivity contribution is 14.1. The Bertz CT molecular complexity index is 457. The van der Waals surface area contributed by atoms with Crippen LogP contribution in [0.5, 0.6) is 0 Å². The van der Waals surface area contributed by atoms with Crippen molar-refractivity contribution in [1.29, 1.82) is 0 Å². The minimum atomic E-state index is 0.323. The van der Waals surface area contributed by atoms with Crippen molar-refractivity contribution in [2.45, 2.75) is 50.4 Å². The maximum atomic E-state index is 6.32. The summed E-state index contributed by atoms with van der Waals surface area (Å²) in [6, 6.07) is 0. The van der Waals surface area contributed by atoms with E-state index in [-0.39, 0.29) is 0 Å². The van der Waals surface area contributed by atoms with E-state index in [1.54, 1.807) is 0 Å². The van der Waals surface area contributed by atoms with E-state index in [4.69, 9.17) is 21.3 Å². The second kappa shape index (κ2) is 6.22. The molecule has 0 spiro atoms. The molecule has 104 valence electrons. The number of rotatable bonds is 2. The van der Waals surface area contributed by atoms with E-state index < -0.39 is 0 Å². The molecule has 5 heteroatoms. The second-order valence-corrected chi connectivity index (χ2v) is 6.90. The Labute approximate surface area is 132 Å². The van der Waals surface area contributed by atoms with Crippen LogP contribution in [-0.4, -0.2) is 23.2 Å². The van der Waals surface area contributed by atoms with Gasteiger partial charge in [-0.05, 0) is 48.3 Å².